The number of benzene rings is 2. The van der Waals surface area contributed by atoms with Gasteiger partial charge in [0.2, 0.25) is 10.0 Å². The number of carbonyl (C=O) groups excluding carboxylic acids is 2. The van der Waals surface area contributed by atoms with Crippen molar-refractivity contribution in [3.63, 3.8) is 0 Å². The lowest BCUT2D eigenvalue weighted by molar-refractivity contribution is -0.140. The maximum absolute atomic E-state index is 13.4. The molecular weight excluding hydrogens is 420 g/mol. The van der Waals surface area contributed by atoms with Gasteiger partial charge in [-0.25, -0.2) is 22.0 Å². The topological polar surface area (TPSA) is 90.0 Å². The van der Waals surface area contributed by atoms with Crippen molar-refractivity contribution in [1.82, 2.24) is 4.31 Å². The highest BCUT2D eigenvalue weighted by molar-refractivity contribution is 7.89. The van der Waals surface area contributed by atoms with Gasteiger partial charge in [-0.3, -0.25) is 4.79 Å². The molecule has 2 aromatic carbocycles. The summed E-state index contributed by atoms with van der Waals surface area (Å²) >= 11 is 0. The third kappa shape index (κ3) is 4.65. The smallest absolute Gasteiger partial charge is 0.337 e. The average Bonchev–Trinajstić information content (AvgIpc) is 2.75. The minimum Gasteiger partial charge on any atom is -0.465 e. The second kappa shape index (κ2) is 8.88. The fraction of sp³-hybridized carbons (Fsp3) is 0.300. The Balaban J connectivity index is 1.60. The number of esters is 2. The van der Waals surface area contributed by atoms with E-state index in [2.05, 4.69) is 4.74 Å². The summed E-state index contributed by atoms with van der Waals surface area (Å²) in [5.41, 5.74) is 0.313. The quantitative estimate of drug-likeness (QED) is 0.526. The molecule has 1 aliphatic heterocycles. The Bertz CT molecular complexity index is 1050. The Hall–Kier alpha value is -2.85. The van der Waals surface area contributed by atoms with E-state index in [0.29, 0.717) is 11.6 Å². The fourth-order valence-corrected chi connectivity index (χ4v) is 4.58. The van der Waals surface area contributed by atoms with Crippen molar-refractivity contribution >= 4 is 22.0 Å². The summed E-state index contributed by atoms with van der Waals surface area (Å²) < 4.78 is 62.7. The first-order chi connectivity index (χ1) is 14.2. The highest BCUT2D eigenvalue weighted by atomic mass is 32.2. The van der Waals surface area contributed by atoms with Gasteiger partial charge in [0.1, 0.15) is 5.75 Å². The Labute approximate surface area is 172 Å². The van der Waals surface area contributed by atoms with Gasteiger partial charge in [0.05, 0.1) is 23.5 Å². The van der Waals surface area contributed by atoms with Crippen molar-refractivity contribution in [3.8, 4) is 5.75 Å². The van der Waals surface area contributed by atoms with Crippen molar-refractivity contribution in [2.24, 2.45) is 5.92 Å². The van der Waals surface area contributed by atoms with E-state index in [1.165, 1.54) is 31.4 Å². The number of hydrogen-bond acceptors (Lipinski definition) is 6. The Morgan fingerprint density at radius 1 is 1.00 bits per heavy atom. The molecule has 0 N–H and O–H groups in total. The standard InChI is InChI=1S/C20H19F2NO6S/c1-28-19(24)13-2-4-15(5-3-13)29-20(25)14-8-10-23(11-9-14)30(26,27)16-6-7-17(21)18(22)12-16/h2-7,12,14H,8-11H2,1H3. The van der Waals surface area contributed by atoms with Crippen LogP contribution in [-0.4, -0.2) is 44.9 Å². The predicted molar refractivity (Wildman–Crippen MR) is 101 cm³/mol. The van der Waals surface area contributed by atoms with E-state index in [9.17, 15) is 26.8 Å². The Morgan fingerprint density at radius 3 is 2.20 bits per heavy atom. The number of piperidine rings is 1. The number of halogens is 2. The monoisotopic (exact) mass is 439 g/mol. The Kier molecular flexibility index (Phi) is 6.47. The molecule has 1 heterocycles. The molecule has 0 radical (unpaired) electrons. The SMILES string of the molecule is COC(=O)c1ccc(OC(=O)C2CCN(S(=O)(=O)c3ccc(F)c(F)c3)CC2)cc1. The van der Waals surface area contributed by atoms with Gasteiger partial charge in [0, 0.05) is 13.1 Å². The third-order valence-electron chi connectivity index (χ3n) is 4.81. The molecule has 1 saturated heterocycles. The lowest BCUT2D eigenvalue weighted by Gasteiger charge is -2.30. The summed E-state index contributed by atoms with van der Waals surface area (Å²) in [7, 11) is -2.73. The van der Waals surface area contributed by atoms with Crippen molar-refractivity contribution in [2.45, 2.75) is 17.7 Å². The summed E-state index contributed by atoms with van der Waals surface area (Å²) in [4.78, 5) is 23.5. The van der Waals surface area contributed by atoms with Crippen LogP contribution in [0.4, 0.5) is 8.78 Å². The zero-order valence-corrected chi connectivity index (χ0v) is 16.8. The van der Waals surface area contributed by atoms with Crippen LogP contribution in [0.15, 0.2) is 47.4 Å². The van der Waals surface area contributed by atoms with E-state index < -0.39 is 39.5 Å². The number of sulfonamides is 1. The summed E-state index contributed by atoms with van der Waals surface area (Å²) in [6, 6.07) is 8.27. The summed E-state index contributed by atoms with van der Waals surface area (Å²) in [5, 5.41) is 0. The van der Waals surface area contributed by atoms with E-state index >= 15 is 0 Å². The maximum Gasteiger partial charge on any atom is 0.337 e. The first kappa shape index (κ1) is 21.8. The van der Waals surface area contributed by atoms with Gasteiger partial charge < -0.3 is 9.47 Å². The van der Waals surface area contributed by atoms with Crippen LogP contribution in [-0.2, 0) is 19.6 Å². The maximum atomic E-state index is 13.4. The van der Waals surface area contributed by atoms with E-state index in [1.54, 1.807) is 0 Å². The lowest BCUT2D eigenvalue weighted by atomic mass is 9.98. The molecular formula is C20H19F2NO6S. The van der Waals surface area contributed by atoms with Crippen molar-refractivity contribution in [3.05, 3.63) is 59.7 Å². The normalized spacial score (nSPS) is 15.6. The molecule has 160 valence electrons. The van der Waals surface area contributed by atoms with Crippen LogP contribution in [0, 0.1) is 17.6 Å². The summed E-state index contributed by atoms with van der Waals surface area (Å²) in [5.74, 6) is -3.65. The second-order valence-corrected chi connectivity index (χ2v) is 8.63. The van der Waals surface area contributed by atoms with Crippen LogP contribution >= 0.6 is 0 Å². The molecule has 0 aliphatic carbocycles. The van der Waals surface area contributed by atoms with E-state index in [0.717, 1.165) is 16.4 Å². The van der Waals surface area contributed by atoms with E-state index in [4.69, 9.17) is 4.74 Å². The number of methoxy groups -OCH3 is 1. The first-order valence-electron chi connectivity index (χ1n) is 9.07. The molecule has 0 spiro atoms. The van der Waals surface area contributed by atoms with Gasteiger partial charge in [0.15, 0.2) is 11.6 Å². The van der Waals surface area contributed by atoms with Crippen LogP contribution in [0.1, 0.15) is 23.2 Å². The van der Waals surface area contributed by atoms with Gasteiger partial charge in [-0.2, -0.15) is 4.31 Å². The molecule has 2 aromatic rings. The molecule has 3 rings (SSSR count). The molecule has 7 nitrogen and oxygen atoms in total. The molecule has 1 aliphatic rings. The van der Waals surface area contributed by atoms with Crippen LogP contribution in [0.2, 0.25) is 0 Å². The molecule has 0 unspecified atom stereocenters. The van der Waals surface area contributed by atoms with Crippen LogP contribution in [0.3, 0.4) is 0 Å². The zero-order chi connectivity index (χ0) is 21.9. The van der Waals surface area contributed by atoms with Gasteiger partial charge in [0.25, 0.3) is 0 Å². The summed E-state index contributed by atoms with van der Waals surface area (Å²) in [6.07, 6.45) is 0.448. The molecule has 0 atom stereocenters. The number of nitrogens with zero attached hydrogens (tertiary/aromatic N) is 1. The number of carbonyl (C=O) groups is 2. The van der Waals surface area contributed by atoms with Crippen molar-refractivity contribution < 1.29 is 36.3 Å². The molecule has 30 heavy (non-hydrogen) atoms. The van der Waals surface area contributed by atoms with Gasteiger partial charge in [-0.05, 0) is 55.3 Å². The van der Waals surface area contributed by atoms with Crippen molar-refractivity contribution in [2.75, 3.05) is 20.2 Å². The number of ether oxygens (including phenoxy) is 2. The zero-order valence-electron chi connectivity index (χ0n) is 16.0. The molecule has 10 heteroatoms. The van der Waals surface area contributed by atoms with Gasteiger partial charge >= 0.3 is 11.9 Å². The minimum atomic E-state index is -3.99. The molecule has 0 bridgehead atoms. The summed E-state index contributed by atoms with van der Waals surface area (Å²) in [6.45, 7) is 0.0880. The average molecular weight is 439 g/mol. The number of hydrogen-bond donors (Lipinski definition) is 0. The highest BCUT2D eigenvalue weighted by Gasteiger charge is 2.33. The molecule has 0 aromatic heterocycles. The molecule has 0 amide bonds. The van der Waals surface area contributed by atoms with Gasteiger partial charge in [-0.15, -0.1) is 0 Å². The minimum absolute atomic E-state index is 0.0440. The van der Waals surface area contributed by atoms with Crippen LogP contribution in [0.25, 0.3) is 0 Å². The largest absolute Gasteiger partial charge is 0.465 e. The van der Waals surface area contributed by atoms with Gasteiger partial charge in [-0.1, -0.05) is 0 Å². The van der Waals surface area contributed by atoms with Crippen molar-refractivity contribution in [1.29, 1.82) is 0 Å². The lowest BCUT2D eigenvalue weighted by Crippen LogP contribution is -2.41. The predicted octanol–water partition coefficient (Wildman–Crippen LogP) is 2.76. The van der Waals surface area contributed by atoms with E-state index in [-0.39, 0.29) is 36.6 Å². The van der Waals surface area contributed by atoms with E-state index in [1.807, 2.05) is 0 Å². The second-order valence-electron chi connectivity index (χ2n) is 6.69. The molecule has 0 saturated carbocycles. The van der Waals surface area contributed by atoms with Crippen LogP contribution in [0.5, 0.6) is 5.75 Å². The van der Waals surface area contributed by atoms with Crippen LogP contribution < -0.4 is 4.74 Å². The Morgan fingerprint density at radius 2 is 1.63 bits per heavy atom. The fourth-order valence-electron chi connectivity index (χ4n) is 3.09. The highest BCUT2D eigenvalue weighted by Crippen LogP contribution is 2.26. The number of rotatable bonds is 5. The first-order valence-corrected chi connectivity index (χ1v) is 10.5. The molecule has 1 fully saturated rings. The third-order valence-corrected chi connectivity index (χ3v) is 6.70.